The second kappa shape index (κ2) is 7.81. The monoisotopic (exact) mass is 435 g/mol. The van der Waals surface area contributed by atoms with Crippen LogP contribution in [0.2, 0.25) is 25.7 Å². The molecular weight excluding hydrogens is 414 g/mol. The molecule has 0 spiro atoms. The van der Waals surface area contributed by atoms with Crippen LogP contribution in [0.3, 0.4) is 0 Å². The molecule has 0 atom stereocenters. The van der Waals surface area contributed by atoms with Crippen LogP contribution in [0.4, 0.5) is 11.8 Å². The van der Waals surface area contributed by atoms with Gasteiger partial charge in [-0.15, -0.1) is 5.10 Å². The fourth-order valence-electron chi connectivity index (χ4n) is 2.27. The molecule has 0 fully saturated rings. The van der Waals surface area contributed by atoms with Gasteiger partial charge in [0.15, 0.2) is 0 Å². The van der Waals surface area contributed by atoms with E-state index in [0.717, 1.165) is 21.6 Å². The summed E-state index contributed by atoms with van der Waals surface area (Å²) in [6.45, 7) is 9.73. The van der Waals surface area contributed by atoms with E-state index in [0.29, 0.717) is 31.1 Å². The highest BCUT2D eigenvalue weighted by Gasteiger charge is 2.19. The summed E-state index contributed by atoms with van der Waals surface area (Å²) in [4.78, 5) is 10.8. The molecule has 3 heterocycles. The average molecular weight is 436 g/mol. The minimum absolute atomic E-state index is 0.298. The van der Waals surface area contributed by atoms with Crippen LogP contribution in [0.15, 0.2) is 33.3 Å². The van der Waals surface area contributed by atoms with Crippen LogP contribution in [0.5, 0.6) is 0 Å². The van der Waals surface area contributed by atoms with Crippen molar-refractivity contribution >= 4 is 46.9 Å². The SMILES string of the molecule is Cc1nnc(N(COCC[Si](C)(C)C)c2ccc3ncc(Br)cc3n2)o1. The summed E-state index contributed by atoms with van der Waals surface area (Å²) >= 11 is 3.43. The first-order valence-corrected chi connectivity index (χ1v) is 12.9. The van der Waals surface area contributed by atoms with Crippen LogP contribution in [-0.4, -0.2) is 41.6 Å². The fraction of sp³-hybridized carbons (Fsp3) is 0.412. The molecule has 3 aromatic heterocycles. The van der Waals surface area contributed by atoms with Crippen molar-refractivity contribution in [2.45, 2.75) is 32.6 Å². The first-order chi connectivity index (χ1) is 12.3. The van der Waals surface area contributed by atoms with Gasteiger partial charge in [-0.3, -0.25) is 9.88 Å². The number of fused-ring (bicyclic) bond motifs is 1. The molecule has 0 aliphatic rings. The Hall–Kier alpha value is -1.84. The van der Waals surface area contributed by atoms with Crippen molar-refractivity contribution in [1.29, 1.82) is 0 Å². The Morgan fingerprint density at radius 3 is 2.69 bits per heavy atom. The van der Waals surface area contributed by atoms with Gasteiger partial charge in [0, 0.05) is 32.3 Å². The van der Waals surface area contributed by atoms with E-state index in [2.05, 4.69) is 55.7 Å². The van der Waals surface area contributed by atoms with Gasteiger partial charge >= 0.3 is 6.01 Å². The predicted octanol–water partition coefficient (Wildman–Crippen LogP) is 4.53. The van der Waals surface area contributed by atoms with E-state index < -0.39 is 8.07 Å². The molecule has 9 heteroatoms. The number of halogens is 1. The van der Waals surface area contributed by atoms with Gasteiger partial charge in [-0.25, -0.2) is 4.98 Å². The Kier molecular flexibility index (Phi) is 5.69. The van der Waals surface area contributed by atoms with Gasteiger partial charge in [0.25, 0.3) is 0 Å². The molecule has 7 nitrogen and oxygen atoms in total. The summed E-state index contributed by atoms with van der Waals surface area (Å²) in [5.41, 5.74) is 1.60. The van der Waals surface area contributed by atoms with Crippen LogP contribution < -0.4 is 4.90 Å². The van der Waals surface area contributed by atoms with Gasteiger partial charge in [-0.05, 0) is 40.2 Å². The van der Waals surface area contributed by atoms with Crippen LogP contribution >= 0.6 is 15.9 Å². The van der Waals surface area contributed by atoms with E-state index in [9.17, 15) is 0 Å². The van der Waals surface area contributed by atoms with Crippen molar-refractivity contribution in [3.05, 3.63) is 34.8 Å². The van der Waals surface area contributed by atoms with Gasteiger partial charge < -0.3 is 9.15 Å². The molecule has 0 amide bonds. The van der Waals surface area contributed by atoms with Crippen LogP contribution in [0.1, 0.15) is 5.89 Å². The highest BCUT2D eigenvalue weighted by molar-refractivity contribution is 9.10. The summed E-state index contributed by atoms with van der Waals surface area (Å²) in [6.07, 6.45) is 1.75. The first kappa shape index (κ1) is 18.9. The molecule has 0 saturated heterocycles. The van der Waals surface area contributed by atoms with E-state index in [1.165, 1.54) is 0 Å². The molecule has 3 aromatic rings. The molecule has 0 radical (unpaired) electrons. The third-order valence-corrected chi connectivity index (χ3v) is 5.87. The fourth-order valence-corrected chi connectivity index (χ4v) is 3.35. The van der Waals surface area contributed by atoms with Crippen molar-refractivity contribution in [2.24, 2.45) is 0 Å². The molecule has 3 rings (SSSR count). The maximum Gasteiger partial charge on any atom is 0.325 e. The van der Waals surface area contributed by atoms with E-state index in [1.54, 1.807) is 18.0 Å². The largest absolute Gasteiger partial charge is 0.408 e. The van der Waals surface area contributed by atoms with E-state index >= 15 is 0 Å². The average Bonchev–Trinajstić information content (AvgIpc) is 2.99. The molecule has 0 N–H and O–H groups in total. The molecule has 0 aliphatic heterocycles. The lowest BCUT2D eigenvalue weighted by atomic mass is 10.3. The number of ether oxygens (including phenoxy) is 1. The quantitative estimate of drug-likeness (QED) is 0.306. The Labute approximate surface area is 161 Å². The maximum atomic E-state index is 5.89. The Morgan fingerprint density at radius 1 is 1.19 bits per heavy atom. The van der Waals surface area contributed by atoms with Crippen molar-refractivity contribution in [1.82, 2.24) is 20.2 Å². The zero-order chi connectivity index (χ0) is 18.7. The maximum absolute atomic E-state index is 5.89. The van der Waals surface area contributed by atoms with Crippen molar-refractivity contribution in [2.75, 3.05) is 18.2 Å². The third kappa shape index (κ3) is 4.86. The Bertz CT molecular complexity index is 896. The van der Waals surface area contributed by atoms with Gasteiger partial charge in [0.05, 0.1) is 11.0 Å². The van der Waals surface area contributed by atoms with Crippen molar-refractivity contribution in [3.8, 4) is 0 Å². The second-order valence-electron chi connectivity index (χ2n) is 7.24. The number of nitrogens with zero attached hydrogens (tertiary/aromatic N) is 5. The molecule has 26 heavy (non-hydrogen) atoms. The zero-order valence-corrected chi connectivity index (χ0v) is 17.9. The predicted molar refractivity (Wildman–Crippen MR) is 107 cm³/mol. The van der Waals surface area contributed by atoms with E-state index in [4.69, 9.17) is 9.15 Å². The van der Waals surface area contributed by atoms with Gasteiger partial charge in [-0.1, -0.05) is 24.7 Å². The van der Waals surface area contributed by atoms with E-state index in [1.807, 2.05) is 18.2 Å². The summed E-state index contributed by atoms with van der Waals surface area (Å²) < 4.78 is 12.4. The van der Waals surface area contributed by atoms with Gasteiger partial charge in [0.2, 0.25) is 5.89 Å². The normalized spacial score (nSPS) is 11.9. The van der Waals surface area contributed by atoms with Crippen molar-refractivity contribution in [3.63, 3.8) is 0 Å². The van der Waals surface area contributed by atoms with Crippen LogP contribution in [0.25, 0.3) is 11.0 Å². The molecule has 0 aliphatic carbocycles. The lowest BCUT2D eigenvalue weighted by Gasteiger charge is -2.21. The first-order valence-electron chi connectivity index (χ1n) is 8.39. The van der Waals surface area contributed by atoms with E-state index in [-0.39, 0.29) is 0 Å². The molecule has 138 valence electrons. The minimum atomic E-state index is -1.15. The molecule has 0 aromatic carbocycles. The number of pyridine rings is 2. The molecule has 0 bridgehead atoms. The highest BCUT2D eigenvalue weighted by Crippen LogP contribution is 2.25. The number of aryl methyl sites for hydroxylation is 1. The van der Waals surface area contributed by atoms with Gasteiger partial charge in [0.1, 0.15) is 12.5 Å². The van der Waals surface area contributed by atoms with Crippen LogP contribution in [-0.2, 0) is 4.74 Å². The number of aromatic nitrogens is 4. The summed E-state index contributed by atoms with van der Waals surface area (Å²) in [5.74, 6) is 1.17. The lowest BCUT2D eigenvalue weighted by Crippen LogP contribution is -2.26. The Morgan fingerprint density at radius 2 is 2.00 bits per heavy atom. The lowest BCUT2D eigenvalue weighted by molar-refractivity contribution is 0.150. The summed E-state index contributed by atoms with van der Waals surface area (Å²) in [7, 11) is -1.15. The van der Waals surface area contributed by atoms with Crippen molar-refractivity contribution < 1.29 is 9.15 Å². The number of anilines is 2. The van der Waals surface area contributed by atoms with Crippen LogP contribution in [0, 0.1) is 6.92 Å². The smallest absolute Gasteiger partial charge is 0.325 e. The summed E-state index contributed by atoms with van der Waals surface area (Å²) in [5, 5.41) is 8.04. The highest BCUT2D eigenvalue weighted by atomic mass is 79.9. The zero-order valence-electron chi connectivity index (χ0n) is 15.4. The number of rotatable bonds is 7. The Balaban J connectivity index is 1.85. The summed E-state index contributed by atoms with van der Waals surface area (Å²) in [6, 6.07) is 7.18. The molecule has 0 unspecified atom stereocenters. The second-order valence-corrected chi connectivity index (χ2v) is 13.8. The third-order valence-electron chi connectivity index (χ3n) is 3.73. The molecular formula is C17H22BrN5O2Si. The van der Waals surface area contributed by atoms with Gasteiger partial charge in [-0.2, -0.15) is 0 Å². The number of hydrogen-bond donors (Lipinski definition) is 0. The topological polar surface area (TPSA) is 77.2 Å². The molecule has 0 saturated carbocycles. The number of hydrogen-bond acceptors (Lipinski definition) is 7. The standard InChI is InChI=1S/C17H22BrN5O2Si/c1-12-21-22-17(25-12)23(11-24-7-8-26(2,3)4)16-6-5-14-15(20-16)9-13(18)10-19-14/h5-6,9-10H,7-8,11H2,1-4H3. The minimum Gasteiger partial charge on any atom is -0.408 e.